The molecule has 0 aliphatic heterocycles. The maximum Gasteiger partial charge on any atom is 0.186 e. The number of hydrogen-bond donors (Lipinski definition) is 1. The van der Waals surface area contributed by atoms with Crippen molar-refractivity contribution in [3.05, 3.63) is 59.1 Å². The maximum absolute atomic E-state index is 12.8. The van der Waals surface area contributed by atoms with Gasteiger partial charge in [-0.1, -0.05) is 23.7 Å². The average Bonchev–Trinajstić information content (AvgIpc) is 2.48. The first-order chi connectivity index (χ1) is 10.4. The fourth-order valence-corrected chi connectivity index (χ4v) is 3.96. The first kappa shape index (κ1) is 16.8. The summed E-state index contributed by atoms with van der Waals surface area (Å²) in [4.78, 5) is 2.18. The van der Waals surface area contributed by atoms with Crippen molar-refractivity contribution in [2.75, 3.05) is 25.5 Å². The minimum Gasteiger partial charge on any atom is -0.378 e. The summed E-state index contributed by atoms with van der Waals surface area (Å²) in [6.45, 7) is 0.0201. The van der Waals surface area contributed by atoms with Crippen LogP contribution in [0.15, 0.2) is 53.4 Å². The van der Waals surface area contributed by atoms with Gasteiger partial charge < -0.3 is 10.6 Å². The van der Waals surface area contributed by atoms with E-state index in [1.807, 2.05) is 31.1 Å². The van der Waals surface area contributed by atoms with Crippen LogP contribution in [-0.2, 0) is 9.84 Å². The topological polar surface area (TPSA) is 63.4 Å². The lowest BCUT2D eigenvalue weighted by atomic mass is 10.1. The SMILES string of the molecule is CN(C)c1ccc(C(CN)S(=O)(=O)c2ccc(Cl)cc2)cc1. The van der Waals surface area contributed by atoms with E-state index in [2.05, 4.69) is 0 Å². The number of nitrogens with two attached hydrogens (primary N) is 1. The van der Waals surface area contributed by atoms with Gasteiger partial charge in [0, 0.05) is 31.4 Å². The Kier molecular flexibility index (Phi) is 5.11. The minimum absolute atomic E-state index is 0.0201. The molecule has 0 aliphatic rings. The Morgan fingerprint density at radius 1 is 1.05 bits per heavy atom. The molecular weight excluding hydrogens is 320 g/mol. The molecular formula is C16H19ClN2O2S. The highest BCUT2D eigenvalue weighted by Crippen LogP contribution is 2.29. The monoisotopic (exact) mass is 338 g/mol. The summed E-state index contributed by atoms with van der Waals surface area (Å²) < 4.78 is 25.5. The molecule has 0 aliphatic carbocycles. The predicted molar refractivity (Wildman–Crippen MR) is 91.2 cm³/mol. The highest BCUT2D eigenvalue weighted by molar-refractivity contribution is 7.91. The first-order valence-electron chi connectivity index (χ1n) is 6.83. The molecule has 0 bridgehead atoms. The van der Waals surface area contributed by atoms with E-state index in [0.29, 0.717) is 10.6 Å². The summed E-state index contributed by atoms with van der Waals surface area (Å²) >= 11 is 5.82. The predicted octanol–water partition coefficient (Wildman–Crippen LogP) is 2.88. The zero-order valence-electron chi connectivity index (χ0n) is 12.5. The van der Waals surface area contributed by atoms with Crippen LogP contribution < -0.4 is 10.6 Å². The Morgan fingerprint density at radius 2 is 1.59 bits per heavy atom. The van der Waals surface area contributed by atoms with E-state index in [4.69, 9.17) is 17.3 Å². The van der Waals surface area contributed by atoms with Crippen LogP contribution in [0, 0.1) is 0 Å². The molecule has 0 radical (unpaired) electrons. The fourth-order valence-electron chi connectivity index (χ4n) is 2.22. The lowest BCUT2D eigenvalue weighted by molar-refractivity contribution is 0.582. The van der Waals surface area contributed by atoms with Crippen LogP contribution in [0.5, 0.6) is 0 Å². The molecule has 6 heteroatoms. The van der Waals surface area contributed by atoms with Crippen LogP contribution in [0.2, 0.25) is 5.02 Å². The van der Waals surface area contributed by atoms with E-state index in [9.17, 15) is 8.42 Å². The normalized spacial score (nSPS) is 12.9. The molecule has 118 valence electrons. The van der Waals surface area contributed by atoms with E-state index in [-0.39, 0.29) is 11.4 Å². The quantitative estimate of drug-likeness (QED) is 0.910. The third-order valence-electron chi connectivity index (χ3n) is 3.51. The van der Waals surface area contributed by atoms with Crippen molar-refractivity contribution < 1.29 is 8.42 Å². The van der Waals surface area contributed by atoms with Crippen molar-refractivity contribution in [2.45, 2.75) is 10.1 Å². The molecule has 2 N–H and O–H groups in total. The van der Waals surface area contributed by atoms with E-state index < -0.39 is 15.1 Å². The Morgan fingerprint density at radius 3 is 2.05 bits per heavy atom. The fraction of sp³-hybridized carbons (Fsp3) is 0.250. The summed E-state index contributed by atoms with van der Waals surface area (Å²) in [5, 5.41) is -0.275. The van der Waals surface area contributed by atoms with Gasteiger partial charge >= 0.3 is 0 Å². The molecule has 2 aromatic carbocycles. The van der Waals surface area contributed by atoms with Gasteiger partial charge in [-0.3, -0.25) is 0 Å². The minimum atomic E-state index is -3.55. The summed E-state index contributed by atoms with van der Waals surface area (Å²) in [6.07, 6.45) is 0. The van der Waals surface area contributed by atoms with Crippen LogP contribution in [-0.4, -0.2) is 29.1 Å². The van der Waals surface area contributed by atoms with Gasteiger partial charge in [-0.15, -0.1) is 0 Å². The first-order valence-corrected chi connectivity index (χ1v) is 8.75. The van der Waals surface area contributed by atoms with Crippen LogP contribution in [0.4, 0.5) is 5.69 Å². The summed E-state index contributed by atoms with van der Waals surface area (Å²) in [7, 11) is 0.310. The van der Waals surface area contributed by atoms with Gasteiger partial charge in [-0.05, 0) is 42.0 Å². The molecule has 0 saturated heterocycles. The van der Waals surface area contributed by atoms with Crippen molar-refractivity contribution in [1.82, 2.24) is 0 Å². The number of benzene rings is 2. The molecule has 0 fully saturated rings. The van der Waals surface area contributed by atoms with Crippen LogP contribution in [0.1, 0.15) is 10.8 Å². The van der Waals surface area contributed by atoms with Gasteiger partial charge in [0.25, 0.3) is 0 Å². The van der Waals surface area contributed by atoms with Gasteiger partial charge in [0.15, 0.2) is 9.84 Å². The number of nitrogens with zero attached hydrogens (tertiary/aromatic N) is 1. The lowest BCUT2D eigenvalue weighted by Crippen LogP contribution is -2.22. The highest BCUT2D eigenvalue weighted by atomic mass is 35.5. The third kappa shape index (κ3) is 3.43. The van der Waals surface area contributed by atoms with Gasteiger partial charge in [-0.25, -0.2) is 8.42 Å². The summed E-state index contributed by atoms with van der Waals surface area (Å²) in [5.74, 6) is 0. The van der Waals surface area contributed by atoms with E-state index >= 15 is 0 Å². The molecule has 2 aromatic rings. The zero-order chi connectivity index (χ0) is 16.3. The second kappa shape index (κ2) is 6.69. The van der Waals surface area contributed by atoms with Crippen molar-refractivity contribution in [3.8, 4) is 0 Å². The number of halogens is 1. The van der Waals surface area contributed by atoms with Crippen LogP contribution in [0.3, 0.4) is 0 Å². The molecule has 0 spiro atoms. The Bertz CT molecular complexity index is 726. The number of rotatable bonds is 5. The number of hydrogen-bond acceptors (Lipinski definition) is 4. The highest BCUT2D eigenvalue weighted by Gasteiger charge is 2.27. The maximum atomic E-state index is 12.8. The summed E-state index contributed by atoms with van der Waals surface area (Å²) in [5.41, 5.74) is 7.43. The molecule has 0 amide bonds. The molecule has 0 aromatic heterocycles. The average molecular weight is 339 g/mol. The van der Waals surface area contributed by atoms with Crippen LogP contribution in [0.25, 0.3) is 0 Å². The molecule has 1 unspecified atom stereocenters. The van der Waals surface area contributed by atoms with E-state index in [0.717, 1.165) is 5.69 Å². The third-order valence-corrected chi connectivity index (χ3v) is 5.91. The van der Waals surface area contributed by atoms with E-state index in [1.165, 1.54) is 12.1 Å². The zero-order valence-corrected chi connectivity index (χ0v) is 14.1. The molecule has 0 heterocycles. The Balaban J connectivity index is 2.40. The largest absolute Gasteiger partial charge is 0.378 e. The van der Waals surface area contributed by atoms with Crippen molar-refractivity contribution >= 4 is 27.1 Å². The van der Waals surface area contributed by atoms with Gasteiger partial charge in [-0.2, -0.15) is 0 Å². The second-order valence-electron chi connectivity index (χ2n) is 5.21. The van der Waals surface area contributed by atoms with Gasteiger partial charge in [0.1, 0.15) is 5.25 Å². The molecule has 2 rings (SSSR count). The Labute approximate surface area is 136 Å². The standard InChI is InChI=1S/C16H19ClN2O2S/c1-19(2)14-7-3-12(4-8-14)16(11-18)22(20,21)15-9-5-13(17)6-10-15/h3-10,16H,11,18H2,1-2H3. The Hall–Kier alpha value is -1.56. The smallest absolute Gasteiger partial charge is 0.186 e. The molecule has 4 nitrogen and oxygen atoms in total. The summed E-state index contributed by atoms with van der Waals surface area (Å²) in [6, 6.07) is 13.5. The molecule has 1 atom stereocenters. The van der Waals surface area contributed by atoms with Gasteiger partial charge in [0.05, 0.1) is 4.90 Å². The molecule has 22 heavy (non-hydrogen) atoms. The van der Waals surface area contributed by atoms with Gasteiger partial charge in [0.2, 0.25) is 0 Å². The lowest BCUT2D eigenvalue weighted by Gasteiger charge is -2.18. The van der Waals surface area contributed by atoms with Crippen molar-refractivity contribution in [2.24, 2.45) is 5.73 Å². The molecule has 0 saturated carbocycles. The van der Waals surface area contributed by atoms with Crippen molar-refractivity contribution in [1.29, 1.82) is 0 Å². The van der Waals surface area contributed by atoms with Crippen molar-refractivity contribution in [3.63, 3.8) is 0 Å². The number of anilines is 1. The number of sulfone groups is 1. The van der Waals surface area contributed by atoms with E-state index in [1.54, 1.807) is 24.3 Å². The second-order valence-corrected chi connectivity index (χ2v) is 7.78. The van der Waals surface area contributed by atoms with Crippen LogP contribution >= 0.6 is 11.6 Å².